The molecule has 1 fully saturated rings. The molecule has 1 amide bonds. The Labute approximate surface area is 126 Å². The summed E-state index contributed by atoms with van der Waals surface area (Å²) in [5.74, 6) is 0.00391. The molecule has 0 spiro atoms. The van der Waals surface area contributed by atoms with Gasteiger partial charge in [0.2, 0.25) is 5.82 Å². The van der Waals surface area contributed by atoms with Gasteiger partial charge in [0, 0.05) is 24.5 Å². The molecule has 2 N–H and O–H groups in total. The fourth-order valence-corrected chi connectivity index (χ4v) is 3.23. The Kier molecular flexibility index (Phi) is 4.59. The summed E-state index contributed by atoms with van der Waals surface area (Å²) in [5, 5.41) is 11.2. The summed E-state index contributed by atoms with van der Waals surface area (Å²) in [6.07, 6.45) is 1.33. The molecule has 1 aliphatic rings. The Hall–Kier alpha value is -1.77. The van der Waals surface area contributed by atoms with Crippen molar-refractivity contribution in [3.05, 3.63) is 34.5 Å². The zero-order chi connectivity index (χ0) is 14.5. The standard InChI is InChI=1S/C13H17N5O2S/c19-13(12-15-9-16-17-12)14-8-10(11-2-1-7-21-11)18-3-5-20-6-4-18/h1-2,7,9-10H,3-6,8H2,(H,14,19)(H,15,16,17). The molecule has 112 valence electrons. The number of ether oxygens (including phenoxy) is 1. The van der Waals surface area contributed by atoms with Gasteiger partial charge in [-0.05, 0) is 11.4 Å². The molecular formula is C13H17N5O2S. The van der Waals surface area contributed by atoms with Gasteiger partial charge < -0.3 is 10.1 Å². The van der Waals surface area contributed by atoms with Crippen LogP contribution in [0.15, 0.2) is 23.8 Å². The summed E-state index contributed by atoms with van der Waals surface area (Å²) in [5.41, 5.74) is 0. The molecule has 3 heterocycles. The number of morpholine rings is 1. The molecule has 1 unspecified atom stereocenters. The van der Waals surface area contributed by atoms with E-state index in [0.29, 0.717) is 6.54 Å². The highest BCUT2D eigenvalue weighted by atomic mass is 32.1. The van der Waals surface area contributed by atoms with E-state index in [1.807, 2.05) is 6.07 Å². The second kappa shape index (κ2) is 6.79. The molecule has 0 aliphatic carbocycles. The van der Waals surface area contributed by atoms with Crippen molar-refractivity contribution in [1.29, 1.82) is 0 Å². The number of aromatic amines is 1. The molecule has 1 saturated heterocycles. The lowest BCUT2D eigenvalue weighted by Gasteiger charge is -2.34. The van der Waals surface area contributed by atoms with Crippen molar-refractivity contribution in [2.75, 3.05) is 32.8 Å². The predicted octanol–water partition coefficient (Wildman–Crippen LogP) is 0.669. The van der Waals surface area contributed by atoms with Crippen LogP contribution in [0.2, 0.25) is 0 Å². The van der Waals surface area contributed by atoms with Gasteiger partial charge in [0.05, 0.1) is 19.3 Å². The summed E-state index contributed by atoms with van der Waals surface area (Å²) < 4.78 is 5.40. The molecule has 1 atom stereocenters. The number of carbonyl (C=O) groups excluding carboxylic acids is 1. The average Bonchev–Trinajstić information content (AvgIpc) is 3.22. The number of aromatic nitrogens is 3. The summed E-state index contributed by atoms with van der Waals surface area (Å²) in [6, 6.07) is 4.30. The van der Waals surface area contributed by atoms with E-state index in [1.54, 1.807) is 11.3 Å². The van der Waals surface area contributed by atoms with Gasteiger partial charge in [0.15, 0.2) is 0 Å². The SMILES string of the molecule is O=C(NCC(c1cccs1)N1CCOCC1)c1ncn[nH]1. The Balaban J connectivity index is 1.66. The third-order valence-electron chi connectivity index (χ3n) is 3.44. The van der Waals surface area contributed by atoms with Crippen LogP contribution in [0.4, 0.5) is 0 Å². The molecule has 1 aliphatic heterocycles. The van der Waals surface area contributed by atoms with Crippen LogP contribution < -0.4 is 5.32 Å². The van der Waals surface area contributed by atoms with Gasteiger partial charge in [-0.15, -0.1) is 11.3 Å². The molecule has 0 bridgehead atoms. The molecule has 7 nitrogen and oxygen atoms in total. The Morgan fingerprint density at radius 2 is 2.38 bits per heavy atom. The largest absolute Gasteiger partial charge is 0.379 e. The van der Waals surface area contributed by atoms with Crippen LogP contribution in [0.1, 0.15) is 21.5 Å². The second-order valence-corrected chi connectivity index (χ2v) is 5.70. The van der Waals surface area contributed by atoms with Crippen molar-refractivity contribution in [2.24, 2.45) is 0 Å². The average molecular weight is 307 g/mol. The topological polar surface area (TPSA) is 83.1 Å². The Morgan fingerprint density at radius 1 is 1.52 bits per heavy atom. The number of hydrogen-bond donors (Lipinski definition) is 2. The minimum absolute atomic E-state index is 0.167. The van der Waals surface area contributed by atoms with Crippen molar-refractivity contribution in [2.45, 2.75) is 6.04 Å². The van der Waals surface area contributed by atoms with Crippen LogP contribution in [0.5, 0.6) is 0 Å². The smallest absolute Gasteiger partial charge is 0.288 e. The summed E-state index contributed by atoms with van der Waals surface area (Å²) >= 11 is 1.70. The van der Waals surface area contributed by atoms with E-state index < -0.39 is 0 Å². The third-order valence-corrected chi connectivity index (χ3v) is 4.42. The molecule has 0 radical (unpaired) electrons. The van der Waals surface area contributed by atoms with Gasteiger partial charge >= 0.3 is 0 Å². The lowest BCUT2D eigenvalue weighted by molar-refractivity contribution is 0.0169. The van der Waals surface area contributed by atoms with Crippen molar-refractivity contribution in [3.8, 4) is 0 Å². The second-order valence-electron chi connectivity index (χ2n) is 4.72. The van der Waals surface area contributed by atoms with E-state index in [-0.39, 0.29) is 17.8 Å². The van der Waals surface area contributed by atoms with E-state index in [0.717, 1.165) is 26.3 Å². The van der Waals surface area contributed by atoms with Gasteiger partial charge in [0.25, 0.3) is 5.91 Å². The van der Waals surface area contributed by atoms with Crippen LogP contribution in [0.25, 0.3) is 0 Å². The zero-order valence-corrected chi connectivity index (χ0v) is 12.3. The quantitative estimate of drug-likeness (QED) is 0.848. The number of nitrogens with one attached hydrogen (secondary N) is 2. The third kappa shape index (κ3) is 3.46. The number of rotatable bonds is 5. The Morgan fingerprint density at radius 3 is 3.05 bits per heavy atom. The predicted molar refractivity (Wildman–Crippen MR) is 78.2 cm³/mol. The van der Waals surface area contributed by atoms with E-state index in [2.05, 4.69) is 36.8 Å². The van der Waals surface area contributed by atoms with E-state index in [4.69, 9.17) is 4.74 Å². The molecule has 0 saturated carbocycles. The fraction of sp³-hybridized carbons (Fsp3) is 0.462. The van der Waals surface area contributed by atoms with Crippen LogP contribution in [-0.4, -0.2) is 58.8 Å². The maximum atomic E-state index is 12.0. The van der Waals surface area contributed by atoms with Gasteiger partial charge in [-0.25, -0.2) is 4.98 Å². The van der Waals surface area contributed by atoms with Crippen molar-refractivity contribution in [1.82, 2.24) is 25.4 Å². The maximum absolute atomic E-state index is 12.0. The van der Waals surface area contributed by atoms with Crippen LogP contribution in [0, 0.1) is 0 Å². The lowest BCUT2D eigenvalue weighted by atomic mass is 10.2. The molecule has 3 rings (SSSR count). The van der Waals surface area contributed by atoms with E-state index in [9.17, 15) is 4.79 Å². The minimum Gasteiger partial charge on any atom is -0.379 e. The maximum Gasteiger partial charge on any atom is 0.288 e. The summed E-state index contributed by atoms with van der Waals surface area (Å²) in [6.45, 7) is 3.76. The first-order chi connectivity index (χ1) is 10.3. The van der Waals surface area contributed by atoms with Crippen LogP contribution >= 0.6 is 11.3 Å². The van der Waals surface area contributed by atoms with Crippen molar-refractivity contribution < 1.29 is 9.53 Å². The number of amides is 1. The first kappa shape index (κ1) is 14.2. The highest BCUT2D eigenvalue weighted by Crippen LogP contribution is 2.25. The number of hydrogen-bond acceptors (Lipinski definition) is 6. The van der Waals surface area contributed by atoms with Gasteiger partial charge in [-0.3, -0.25) is 14.8 Å². The monoisotopic (exact) mass is 307 g/mol. The fourth-order valence-electron chi connectivity index (χ4n) is 2.37. The highest BCUT2D eigenvalue weighted by Gasteiger charge is 2.24. The van der Waals surface area contributed by atoms with E-state index in [1.165, 1.54) is 11.2 Å². The summed E-state index contributed by atoms with van der Waals surface area (Å²) in [7, 11) is 0. The lowest BCUT2D eigenvalue weighted by Crippen LogP contribution is -2.43. The first-order valence-corrected chi connectivity index (χ1v) is 7.71. The summed E-state index contributed by atoms with van der Waals surface area (Å²) in [4.78, 5) is 19.4. The normalized spacial score (nSPS) is 17.5. The zero-order valence-electron chi connectivity index (χ0n) is 11.5. The van der Waals surface area contributed by atoms with Crippen molar-refractivity contribution in [3.63, 3.8) is 0 Å². The minimum atomic E-state index is -0.234. The molecule has 21 heavy (non-hydrogen) atoms. The molecule has 0 aromatic carbocycles. The highest BCUT2D eigenvalue weighted by molar-refractivity contribution is 7.10. The first-order valence-electron chi connectivity index (χ1n) is 6.83. The van der Waals surface area contributed by atoms with Crippen LogP contribution in [-0.2, 0) is 4.74 Å². The van der Waals surface area contributed by atoms with Crippen molar-refractivity contribution >= 4 is 17.2 Å². The number of H-pyrrole nitrogens is 1. The number of thiophene rings is 1. The molecule has 2 aromatic rings. The number of carbonyl (C=O) groups is 1. The van der Waals surface area contributed by atoms with Gasteiger partial charge in [-0.1, -0.05) is 6.07 Å². The van der Waals surface area contributed by atoms with Gasteiger partial charge in [0.1, 0.15) is 6.33 Å². The van der Waals surface area contributed by atoms with Gasteiger partial charge in [-0.2, -0.15) is 5.10 Å². The van der Waals surface area contributed by atoms with E-state index >= 15 is 0 Å². The van der Waals surface area contributed by atoms with Crippen LogP contribution in [0.3, 0.4) is 0 Å². The molecule has 2 aromatic heterocycles. The Bertz CT molecular complexity index is 551. The number of nitrogens with zero attached hydrogens (tertiary/aromatic N) is 3. The molecule has 8 heteroatoms. The molecular weight excluding hydrogens is 290 g/mol.